The first kappa shape index (κ1) is 18.3. The van der Waals surface area contributed by atoms with Gasteiger partial charge in [-0.15, -0.1) is 0 Å². The lowest BCUT2D eigenvalue weighted by Crippen LogP contribution is -2.61. The summed E-state index contributed by atoms with van der Waals surface area (Å²) in [6.07, 6.45) is 2.35. The van der Waals surface area contributed by atoms with Crippen molar-refractivity contribution >= 4 is 11.9 Å². The smallest absolute Gasteiger partial charge is 0.318 e. The van der Waals surface area contributed by atoms with Gasteiger partial charge in [0.1, 0.15) is 6.54 Å². The van der Waals surface area contributed by atoms with E-state index in [0.29, 0.717) is 25.6 Å². The molecule has 0 unspecified atom stereocenters. The summed E-state index contributed by atoms with van der Waals surface area (Å²) in [6, 6.07) is 6.50. The molecular weight excluding hydrogens is 340 g/mol. The number of piperidine rings is 3. The van der Waals surface area contributed by atoms with E-state index in [1.807, 2.05) is 4.90 Å². The van der Waals surface area contributed by atoms with Crippen LogP contribution in [0.3, 0.4) is 0 Å². The SMILES string of the molecule is Cc1ccc(CN2CCN(C(=O)N[C@@H]3CN4CCC3CC4)CC2=O)cc1C. The molecule has 4 heterocycles. The quantitative estimate of drug-likeness (QED) is 0.882. The van der Waals surface area contributed by atoms with Gasteiger partial charge < -0.3 is 20.0 Å². The topological polar surface area (TPSA) is 55.9 Å². The van der Waals surface area contributed by atoms with Crippen LogP contribution in [0.2, 0.25) is 0 Å². The normalized spacial score (nSPS) is 27.8. The maximum absolute atomic E-state index is 12.7. The summed E-state index contributed by atoms with van der Waals surface area (Å²) >= 11 is 0. The van der Waals surface area contributed by atoms with Crippen LogP contribution in [-0.4, -0.2) is 71.9 Å². The molecule has 0 aromatic heterocycles. The third-order valence-corrected chi connectivity index (χ3v) is 6.52. The molecule has 1 atom stereocenters. The van der Waals surface area contributed by atoms with Crippen LogP contribution >= 0.6 is 0 Å². The highest BCUT2D eigenvalue weighted by Gasteiger charge is 2.36. The van der Waals surface area contributed by atoms with Crippen LogP contribution < -0.4 is 5.32 Å². The van der Waals surface area contributed by atoms with E-state index in [4.69, 9.17) is 0 Å². The molecule has 0 aliphatic carbocycles. The minimum atomic E-state index is -0.0760. The van der Waals surface area contributed by atoms with Crippen LogP contribution in [0.1, 0.15) is 29.5 Å². The Morgan fingerprint density at radius 3 is 2.52 bits per heavy atom. The van der Waals surface area contributed by atoms with E-state index >= 15 is 0 Å². The van der Waals surface area contributed by atoms with Crippen molar-refractivity contribution in [3.05, 3.63) is 34.9 Å². The second-order valence-electron chi connectivity index (χ2n) is 8.35. The number of carbonyl (C=O) groups excluding carboxylic acids is 2. The van der Waals surface area contributed by atoms with E-state index in [2.05, 4.69) is 42.3 Å². The third-order valence-electron chi connectivity index (χ3n) is 6.52. The maximum Gasteiger partial charge on any atom is 0.318 e. The van der Waals surface area contributed by atoms with Gasteiger partial charge in [-0.1, -0.05) is 18.2 Å². The monoisotopic (exact) mass is 370 g/mol. The standard InChI is InChI=1S/C21H30N4O2/c1-15-3-4-17(11-16(15)2)12-24-9-10-25(14-20(24)26)21(27)22-19-13-23-7-5-18(19)6-8-23/h3-4,11,18-19H,5-10,12-14H2,1-2H3,(H,22,27)/t19-/m1/s1. The fraction of sp³-hybridized carbons (Fsp3) is 0.619. The number of amides is 3. The Labute approximate surface area is 161 Å². The Morgan fingerprint density at radius 1 is 1.11 bits per heavy atom. The molecule has 146 valence electrons. The molecule has 6 heteroatoms. The Morgan fingerprint density at radius 2 is 1.89 bits per heavy atom. The van der Waals surface area contributed by atoms with Crippen molar-refractivity contribution in [2.75, 3.05) is 39.3 Å². The van der Waals surface area contributed by atoms with E-state index in [1.54, 1.807) is 4.90 Å². The number of urea groups is 1. The highest BCUT2D eigenvalue weighted by molar-refractivity contribution is 5.85. The summed E-state index contributed by atoms with van der Waals surface area (Å²) in [6.45, 7) is 9.46. The van der Waals surface area contributed by atoms with Gasteiger partial charge in [-0.2, -0.15) is 0 Å². The second-order valence-corrected chi connectivity index (χ2v) is 8.35. The van der Waals surface area contributed by atoms with E-state index in [9.17, 15) is 9.59 Å². The van der Waals surface area contributed by atoms with Crippen molar-refractivity contribution in [3.63, 3.8) is 0 Å². The van der Waals surface area contributed by atoms with Crippen molar-refractivity contribution in [2.24, 2.45) is 5.92 Å². The van der Waals surface area contributed by atoms with Gasteiger partial charge >= 0.3 is 6.03 Å². The lowest BCUT2D eigenvalue weighted by atomic mass is 9.84. The van der Waals surface area contributed by atoms with Crippen LogP contribution in [0.25, 0.3) is 0 Å². The number of rotatable bonds is 3. The Bertz CT molecular complexity index is 727. The zero-order chi connectivity index (χ0) is 19.0. The number of carbonyl (C=O) groups is 2. The third kappa shape index (κ3) is 3.95. The molecule has 4 fully saturated rings. The molecule has 4 aliphatic heterocycles. The van der Waals surface area contributed by atoms with Crippen LogP contribution in [-0.2, 0) is 11.3 Å². The molecule has 4 aliphatic rings. The fourth-order valence-electron chi connectivity index (χ4n) is 4.55. The molecule has 1 aromatic carbocycles. The van der Waals surface area contributed by atoms with Gasteiger partial charge in [0, 0.05) is 32.2 Å². The molecule has 27 heavy (non-hydrogen) atoms. The summed E-state index contributed by atoms with van der Waals surface area (Å²) in [5, 5.41) is 3.19. The highest BCUT2D eigenvalue weighted by Crippen LogP contribution is 2.27. The molecule has 6 nitrogen and oxygen atoms in total. The summed E-state index contributed by atoms with van der Waals surface area (Å²) in [5.41, 5.74) is 3.66. The first-order valence-electron chi connectivity index (χ1n) is 10.1. The molecule has 4 saturated heterocycles. The van der Waals surface area contributed by atoms with Gasteiger partial charge in [-0.25, -0.2) is 4.79 Å². The number of hydrogen-bond donors (Lipinski definition) is 1. The van der Waals surface area contributed by atoms with Gasteiger partial charge in [0.2, 0.25) is 5.91 Å². The first-order chi connectivity index (χ1) is 13.0. The summed E-state index contributed by atoms with van der Waals surface area (Å²) in [7, 11) is 0. The predicted molar refractivity (Wildman–Crippen MR) is 104 cm³/mol. The lowest BCUT2D eigenvalue weighted by molar-refractivity contribution is -0.135. The first-order valence-corrected chi connectivity index (χ1v) is 10.1. The van der Waals surface area contributed by atoms with Crippen LogP contribution in [0.15, 0.2) is 18.2 Å². The average Bonchev–Trinajstić information content (AvgIpc) is 2.67. The largest absolute Gasteiger partial charge is 0.335 e. The van der Waals surface area contributed by atoms with Gasteiger partial charge in [0.25, 0.3) is 0 Å². The molecular formula is C21H30N4O2. The van der Waals surface area contributed by atoms with E-state index < -0.39 is 0 Å². The van der Waals surface area contributed by atoms with Crippen LogP contribution in [0.4, 0.5) is 4.79 Å². The van der Waals surface area contributed by atoms with Crippen molar-refractivity contribution in [1.29, 1.82) is 0 Å². The molecule has 3 amide bonds. The van der Waals surface area contributed by atoms with Crippen LogP contribution in [0.5, 0.6) is 0 Å². The number of piperazine rings is 1. The van der Waals surface area contributed by atoms with Gasteiger partial charge in [-0.3, -0.25) is 4.79 Å². The van der Waals surface area contributed by atoms with Gasteiger partial charge in [-0.05, 0) is 62.4 Å². The minimum Gasteiger partial charge on any atom is -0.335 e. The molecule has 0 radical (unpaired) electrons. The molecule has 2 bridgehead atoms. The second kappa shape index (κ2) is 7.50. The Kier molecular flexibility index (Phi) is 5.08. The lowest BCUT2D eigenvalue weighted by Gasteiger charge is -2.45. The number of nitrogens with zero attached hydrogens (tertiary/aromatic N) is 3. The molecule has 5 rings (SSSR count). The Hall–Kier alpha value is -2.08. The predicted octanol–water partition coefficient (Wildman–Crippen LogP) is 1.75. The molecule has 0 spiro atoms. The molecule has 0 saturated carbocycles. The number of hydrogen-bond acceptors (Lipinski definition) is 3. The Balaban J connectivity index is 1.31. The van der Waals surface area contributed by atoms with Crippen molar-refractivity contribution in [2.45, 2.75) is 39.3 Å². The van der Waals surface area contributed by atoms with E-state index in [-0.39, 0.29) is 24.5 Å². The zero-order valence-corrected chi connectivity index (χ0v) is 16.4. The maximum atomic E-state index is 12.7. The number of fused-ring (bicyclic) bond motifs is 3. The van der Waals surface area contributed by atoms with Crippen molar-refractivity contribution < 1.29 is 9.59 Å². The van der Waals surface area contributed by atoms with Crippen molar-refractivity contribution in [3.8, 4) is 0 Å². The average molecular weight is 370 g/mol. The van der Waals surface area contributed by atoms with Gasteiger partial charge in [0.05, 0.1) is 0 Å². The summed E-state index contributed by atoms with van der Waals surface area (Å²) < 4.78 is 0. The summed E-state index contributed by atoms with van der Waals surface area (Å²) in [4.78, 5) is 31.2. The number of nitrogens with one attached hydrogen (secondary N) is 1. The fourth-order valence-corrected chi connectivity index (χ4v) is 4.55. The van der Waals surface area contributed by atoms with E-state index in [1.165, 1.54) is 24.0 Å². The van der Waals surface area contributed by atoms with Crippen molar-refractivity contribution in [1.82, 2.24) is 20.0 Å². The molecule has 1 N–H and O–H groups in total. The minimum absolute atomic E-state index is 0.0311. The van der Waals surface area contributed by atoms with E-state index in [0.717, 1.165) is 25.2 Å². The van der Waals surface area contributed by atoms with Gasteiger partial charge in [0.15, 0.2) is 0 Å². The van der Waals surface area contributed by atoms with Crippen LogP contribution in [0, 0.1) is 19.8 Å². The number of benzene rings is 1. The summed E-state index contributed by atoms with van der Waals surface area (Å²) in [5.74, 6) is 0.629. The molecule has 1 aromatic rings. The highest BCUT2D eigenvalue weighted by atomic mass is 16.2. The number of aryl methyl sites for hydroxylation is 2. The zero-order valence-electron chi connectivity index (χ0n) is 16.4.